The number of anilines is 2. The maximum Gasteiger partial charge on any atom is 0.271 e. The van der Waals surface area contributed by atoms with E-state index >= 15 is 0 Å². The normalized spacial score (nSPS) is 11.3. The number of aromatic amines is 3. The Labute approximate surface area is 164 Å². The summed E-state index contributed by atoms with van der Waals surface area (Å²) >= 11 is 0. The Hall–Kier alpha value is -3.98. The van der Waals surface area contributed by atoms with E-state index in [0.29, 0.717) is 35.1 Å². The van der Waals surface area contributed by atoms with Crippen molar-refractivity contribution in [2.75, 3.05) is 12.4 Å². The molecule has 0 fully saturated rings. The van der Waals surface area contributed by atoms with Crippen LogP contribution in [0.2, 0.25) is 0 Å². The molecule has 144 valence electrons. The summed E-state index contributed by atoms with van der Waals surface area (Å²) in [6, 6.07) is 15.1. The molecule has 0 aliphatic heterocycles. The molecule has 9 nitrogen and oxygen atoms in total. The number of hydrogen-bond acceptors (Lipinski definition) is 6. The van der Waals surface area contributed by atoms with Gasteiger partial charge < -0.3 is 10.1 Å². The highest BCUT2D eigenvalue weighted by molar-refractivity contribution is 5.91. The number of methoxy groups -OCH3 is 1. The van der Waals surface area contributed by atoms with E-state index in [0.717, 1.165) is 22.0 Å². The molecule has 0 radical (unpaired) electrons. The van der Waals surface area contributed by atoms with Crippen molar-refractivity contribution >= 4 is 33.4 Å². The van der Waals surface area contributed by atoms with Gasteiger partial charge in [-0.15, -0.1) is 0 Å². The van der Waals surface area contributed by atoms with Gasteiger partial charge in [0, 0.05) is 24.1 Å². The summed E-state index contributed by atoms with van der Waals surface area (Å²) in [4.78, 5) is 21.2. The first kappa shape index (κ1) is 17.1. The minimum Gasteiger partial charge on any atom is -0.378 e. The van der Waals surface area contributed by atoms with Crippen molar-refractivity contribution in [3.63, 3.8) is 0 Å². The number of H-pyrrole nitrogens is 3. The topological polar surface area (TPSA) is 124 Å². The van der Waals surface area contributed by atoms with E-state index in [1.54, 1.807) is 13.2 Å². The Balaban J connectivity index is 1.59. The number of hydrogen-bond donors (Lipinski definition) is 4. The Kier molecular flexibility index (Phi) is 4.07. The highest BCUT2D eigenvalue weighted by Gasteiger charge is 2.12. The van der Waals surface area contributed by atoms with Gasteiger partial charge in [-0.1, -0.05) is 12.1 Å². The SMILES string of the molecule is COCc1cc(Nc2n[nH]c3ccccc23)nc(-c2ccc3[nH][nH]c(=O)c3c2)n1. The van der Waals surface area contributed by atoms with Crippen molar-refractivity contribution in [1.82, 2.24) is 30.4 Å². The van der Waals surface area contributed by atoms with Crippen LogP contribution in [0.5, 0.6) is 0 Å². The van der Waals surface area contributed by atoms with Gasteiger partial charge in [0.2, 0.25) is 0 Å². The summed E-state index contributed by atoms with van der Waals surface area (Å²) < 4.78 is 5.26. The average Bonchev–Trinajstić information content (AvgIpc) is 3.32. The number of para-hydroxylation sites is 1. The molecule has 5 aromatic rings. The molecule has 9 heteroatoms. The van der Waals surface area contributed by atoms with Crippen LogP contribution in [0.3, 0.4) is 0 Å². The van der Waals surface area contributed by atoms with E-state index in [1.165, 1.54) is 0 Å². The molecule has 0 saturated carbocycles. The molecule has 0 atom stereocenters. The van der Waals surface area contributed by atoms with Crippen molar-refractivity contribution in [3.05, 3.63) is 64.6 Å². The first-order chi connectivity index (χ1) is 14.2. The standard InChI is InChI=1S/C20H17N7O2/c1-29-10-12-9-17(23-19-13-4-2-3-5-15(13)24-26-19)22-18(21-12)11-6-7-16-14(8-11)20(28)27-25-16/h2-9H,10H2,1H3,(H2,25,27,28)(H2,21,22,23,24,26). The minimum atomic E-state index is -0.184. The maximum atomic E-state index is 12.0. The number of benzene rings is 2. The molecule has 0 spiro atoms. The molecular formula is C20H17N7O2. The van der Waals surface area contributed by atoms with Crippen LogP contribution >= 0.6 is 0 Å². The van der Waals surface area contributed by atoms with Gasteiger partial charge in [0.25, 0.3) is 5.56 Å². The van der Waals surface area contributed by atoms with Crippen LogP contribution in [0, 0.1) is 0 Å². The van der Waals surface area contributed by atoms with Crippen molar-refractivity contribution < 1.29 is 4.74 Å². The zero-order chi connectivity index (χ0) is 19.8. The smallest absolute Gasteiger partial charge is 0.271 e. The summed E-state index contributed by atoms with van der Waals surface area (Å²) in [5.41, 5.74) is 2.92. The lowest BCUT2D eigenvalue weighted by Gasteiger charge is -2.09. The lowest BCUT2D eigenvalue weighted by molar-refractivity contribution is 0.181. The molecular weight excluding hydrogens is 370 g/mol. The van der Waals surface area contributed by atoms with Gasteiger partial charge in [0.1, 0.15) is 5.82 Å². The monoisotopic (exact) mass is 387 g/mol. The van der Waals surface area contributed by atoms with Crippen LogP contribution in [0.4, 0.5) is 11.6 Å². The zero-order valence-electron chi connectivity index (χ0n) is 15.5. The summed E-state index contributed by atoms with van der Waals surface area (Å²) in [5, 5.41) is 17.5. The second-order valence-electron chi connectivity index (χ2n) is 6.58. The number of nitrogens with zero attached hydrogens (tertiary/aromatic N) is 3. The number of rotatable bonds is 5. The fraction of sp³-hybridized carbons (Fsp3) is 0.100. The third-order valence-corrected chi connectivity index (χ3v) is 4.62. The number of nitrogens with one attached hydrogen (secondary N) is 4. The van der Waals surface area contributed by atoms with Gasteiger partial charge in [-0.2, -0.15) is 5.10 Å². The molecule has 0 aliphatic rings. The highest BCUT2D eigenvalue weighted by Crippen LogP contribution is 2.25. The van der Waals surface area contributed by atoms with Crippen LogP contribution < -0.4 is 10.9 Å². The van der Waals surface area contributed by atoms with Gasteiger partial charge >= 0.3 is 0 Å². The van der Waals surface area contributed by atoms with Crippen molar-refractivity contribution in [1.29, 1.82) is 0 Å². The second kappa shape index (κ2) is 6.88. The van der Waals surface area contributed by atoms with Crippen molar-refractivity contribution in [3.8, 4) is 11.4 Å². The first-order valence-electron chi connectivity index (χ1n) is 8.99. The summed E-state index contributed by atoms with van der Waals surface area (Å²) in [6.07, 6.45) is 0. The molecule has 5 rings (SSSR count). The predicted molar refractivity (Wildman–Crippen MR) is 110 cm³/mol. The van der Waals surface area contributed by atoms with E-state index in [1.807, 2.05) is 42.5 Å². The van der Waals surface area contributed by atoms with E-state index in [2.05, 4.69) is 35.7 Å². The fourth-order valence-electron chi connectivity index (χ4n) is 3.26. The van der Waals surface area contributed by atoms with Crippen LogP contribution in [0.1, 0.15) is 5.69 Å². The predicted octanol–water partition coefficient (Wildman–Crippen LogP) is 3.08. The minimum absolute atomic E-state index is 0.184. The molecule has 3 aromatic heterocycles. The third kappa shape index (κ3) is 3.13. The summed E-state index contributed by atoms with van der Waals surface area (Å²) in [5.74, 6) is 1.75. The quantitative estimate of drug-likeness (QED) is 0.367. The Bertz CT molecular complexity index is 1380. The molecule has 0 bridgehead atoms. The molecule has 2 aromatic carbocycles. The molecule has 4 N–H and O–H groups in total. The Morgan fingerprint density at radius 2 is 1.90 bits per heavy atom. The van der Waals surface area contributed by atoms with E-state index in [9.17, 15) is 4.79 Å². The largest absolute Gasteiger partial charge is 0.378 e. The van der Waals surface area contributed by atoms with Gasteiger partial charge in [-0.05, 0) is 30.3 Å². The molecule has 0 unspecified atom stereocenters. The highest BCUT2D eigenvalue weighted by atomic mass is 16.5. The maximum absolute atomic E-state index is 12.0. The van der Waals surface area contributed by atoms with Crippen molar-refractivity contribution in [2.24, 2.45) is 0 Å². The van der Waals surface area contributed by atoms with Crippen LogP contribution in [0.25, 0.3) is 33.2 Å². The van der Waals surface area contributed by atoms with Crippen LogP contribution in [-0.2, 0) is 11.3 Å². The van der Waals surface area contributed by atoms with Crippen LogP contribution in [-0.4, -0.2) is 37.5 Å². The summed E-state index contributed by atoms with van der Waals surface area (Å²) in [7, 11) is 1.61. The van der Waals surface area contributed by atoms with Gasteiger partial charge in [0.05, 0.1) is 28.7 Å². The van der Waals surface area contributed by atoms with E-state index in [4.69, 9.17) is 4.74 Å². The van der Waals surface area contributed by atoms with Gasteiger partial charge in [0.15, 0.2) is 11.6 Å². The summed E-state index contributed by atoms with van der Waals surface area (Å²) in [6.45, 7) is 0.332. The second-order valence-corrected chi connectivity index (χ2v) is 6.58. The Morgan fingerprint density at radius 3 is 2.79 bits per heavy atom. The molecule has 3 heterocycles. The molecule has 0 saturated heterocycles. The van der Waals surface area contributed by atoms with Crippen LogP contribution in [0.15, 0.2) is 53.3 Å². The number of ether oxygens (including phenoxy) is 1. The van der Waals surface area contributed by atoms with E-state index < -0.39 is 0 Å². The van der Waals surface area contributed by atoms with Gasteiger partial charge in [-0.25, -0.2) is 9.97 Å². The van der Waals surface area contributed by atoms with E-state index in [-0.39, 0.29) is 5.56 Å². The Morgan fingerprint density at radius 1 is 1.00 bits per heavy atom. The first-order valence-corrected chi connectivity index (χ1v) is 8.99. The van der Waals surface area contributed by atoms with Crippen molar-refractivity contribution in [2.45, 2.75) is 6.61 Å². The number of fused-ring (bicyclic) bond motifs is 2. The number of aromatic nitrogens is 6. The molecule has 0 amide bonds. The fourth-order valence-corrected chi connectivity index (χ4v) is 3.26. The molecule has 29 heavy (non-hydrogen) atoms. The average molecular weight is 387 g/mol. The lowest BCUT2D eigenvalue weighted by Crippen LogP contribution is -2.03. The molecule has 0 aliphatic carbocycles. The third-order valence-electron chi connectivity index (χ3n) is 4.62. The lowest BCUT2D eigenvalue weighted by atomic mass is 10.1. The zero-order valence-corrected chi connectivity index (χ0v) is 15.5. The van der Waals surface area contributed by atoms with Gasteiger partial charge in [-0.3, -0.25) is 20.1 Å².